The predicted octanol–water partition coefficient (Wildman–Crippen LogP) is 1.17. The van der Waals surface area contributed by atoms with Crippen molar-refractivity contribution in [3.05, 3.63) is 23.8 Å². The van der Waals surface area contributed by atoms with Crippen molar-refractivity contribution in [3.8, 4) is 5.75 Å². The van der Waals surface area contributed by atoms with Gasteiger partial charge in [0.05, 0.1) is 17.6 Å². The van der Waals surface area contributed by atoms with Gasteiger partial charge in [-0.1, -0.05) is 13.8 Å². The average Bonchev–Trinajstić information content (AvgIpc) is 2.51. The zero-order chi connectivity index (χ0) is 19.4. The molecule has 1 atom stereocenters. The highest BCUT2D eigenvalue weighted by Crippen LogP contribution is 2.24. The summed E-state index contributed by atoms with van der Waals surface area (Å²) in [5.74, 6) is -1.46. The van der Waals surface area contributed by atoms with Crippen LogP contribution in [0.15, 0.2) is 23.1 Å². The summed E-state index contributed by atoms with van der Waals surface area (Å²) in [4.78, 5) is 24.6. The van der Waals surface area contributed by atoms with Gasteiger partial charge in [0.25, 0.3) is 5.91 Å². The van der Waals surface area contributed by atoms with E-state index in [9.17, 15) is 23.1 Å². The molecular weight excluding hydrogens is 348 g/mol. The standard InChI is InChI=1S/C16H24N2O6S/c1-10(2)8-13(16(20)21)17-25(22,23)11-6-7-14(24-5)12(9-11)15(19)18(3)4/h6-7,9-10,13,17H,8H2,1-5H3,(H,20,21)/t13-/m0/s1. The number of ether oxygens (including phenoxy) is 1. The molecular formula is C16H24N2O6S. The summed E-state index contributed by atoms with van der Waals surface area (Å²) >= 11 is 0. The van der Waals surface area contributed by atoms with E-state index in [0.29, 0.717) is 0 Å². The Balaban J connectivity index is 3.27. The number of benzene rings is 1. The molecule has 0 saturated carbocycles. The van der Waals surface area contributed by atoms with Crippen LogP contribution in [0.1, 0.15) is 30.6 Å². The second-order valence-corrected chi connectivity index (χ2v) is 7.92. The van der Waals surface area contributed by atoms with Crippen molar-refractivity contribution in [1.29, 1.82) is 0 Å². The van der Waals surface area contributed by atoms with Gasteiger partial charge in [0.15, 0.2) is 0 Å². The third kappa shape index (κ3) is 5.43. The summed E-state index contributed by atoms with van der Waals surface area (Å²) in [5.41, 5.74) is 0.0751. The SMILES string of the molecule is COc1ccc(S(=O)(=O)N[C@@H](CC(C)C)C(=O)O)cc1C(=O)N(C)C. The molecule has 0 saturated heterocycles. The van der Waals surface area contributed by atoms with E-state index in [1.54, 1.807) is 13.8 Å². The van der Waals surface area contributed by atoms with Crippen molar-refractivity contribution in [1.82, 2.24) is 9.62 Å². The van der Waals surface area contributed by atoms with Crippen LogP contribution in [0, 0.1) is 5.92 Å². The van der Waals surface area contributed by atoms with Crippen LogP contribution in [0.3, 0.4) is 0 Å². The van der Waals surface area contributed by atoms with Gasteiger partial charge in [0.1, 0.15) is 11.8 Å². The van der Waals surface area contributed by atoms with E-state index in [1.165, 1.54) is 44.3 Å². The minimum absolute atomic E-state index is 0.00875. The first kappa shape index (κ1) is 20.9. The molecule has 0 spiro atoms. The Labute approximate surface area is 147 Å². The van der Waals surface area contributed by atoms with Crippen molar-refractivity contribution in [3.63, 3.8) is 0 Å². The maximum Gasteiger partial charge on any atom is 0.321 e. The van der Waals surface area contributed by atoms with Crippen molar-refractivity contribution >= 4 is 21.9 Å². The van der Waals surface area contributed by atoms with Crippen LogP contribution in [-0.4, -0.2) is 57.5 Å². The highest BCUT2D eigenvalue weighted by molar-refractivity contribution is 7.89. The molecule has 0 radical (unpaired) electrons. The summed E-state index contributed by atoms with van der Waals surface area (Å²) in [7, 11) is 0.322. The summed E-state index contributed by atoms with van der Waals surface area (Å²) in [6, 6.07) is 2.56. The van der Waals surface area contributed by atoms with Gasteiger partial charge in [-0.15, -0.1) is 0 Å². The normalized spacial score (nSPS) is 12.7. The van der Waals surface area contributed by atoms with Crippen LogP contribution in [-0.2, 0) is 14.8 Å². The number of aliphatic carboxylic acids is 1. The monoisotopic (exact) mass is 372 g/mol. The van der Waals surface area contributed by atoms with Crippen molar-refractivity contribution < 1.29 is 27.9 Å². The van der Waals surface area contributed by atoms with E-state index >= 15 is 0 Å². The lowest BCUT2D eigenvalue weighted by molar-refractivity contribution is -0.139. The quantitative estimate of drug-likeness (QED) is 0.708. The van der Waals surface area contributed by atoms with Gasteiger partial charge >= 0.3 is 5.97 Å². The molecule has 1 rings (SSSR count). The van der Waals surface area contributed by atoms with E-state index in [1.807, 2.05) is 0 Å². The van der Waals surface area contributed by atoms with Crippen LogP contribution < -0.4 is 9.46 Å². The smallest absolute Gasteiger partial charge is 0.321 e. The largest absolute Gasteiger partial charge is 0.496 e. The Kier molecular flexibility index (Phi) is 6.95. The molecule has 0 aliphatic rings. The summed E-state index contributed by atoms with van der Waals surface area (Å²) in [6.45, 7) is 3.59. The number of rotatable bonds is 8. The number of hydrogen-bond acceptors (Lipinski definition) is 5. The maximum atomic E-state index is 12.5. The Morgan fingerprint density at radius 1 is 1.28 bits per heavy atom. The van der Waals surface area contributed by atoms with E-state index in [0.717, 1.165) is 0 Å². The van der Waals surface area contributed by atoms with Gasteiger partial charge < -0.3 is 14.7 Å². The number of carbonyl (C=O) groups is 2. The summed E-state index contributed by atoms with van der Waals surface area (Å²) in [5, 5.41) is 9.22. The van der Waals surface area contributed by atoms with Gasteiger partial charge in [-0.2, -0.15) is 4.72 Å². The fourth-order valence-corrected chi connectivity index (χ4v) is 3.42. The summed E-state index contributed by atoms with van der Waals surface area (Å²) < 4.78 is 32.3. The first-order valence-corrected chi connectivity index (χ1v) is 9.12. The van der Waals surface area contributed by atoms with E-state index in [-0.39, 0.29) is 28.5 Å². The van der Waals surface area contributed by atoms with Crippen LogP contribution in [0.5, 0.6) is 5.75 Å². The zero-order valence-corrected chi connectivity index (χ0v) is 15.8. The van der Waals surface area contributed by atoms with E-state index in [4.69, 9.17) is 4.74 Å². The molecule has 1 aromatic rings. The predicted molar refractivity (Wildman–Crippen MR) is 92.2 cm³/mol. The molecule has 0 aliphatic heterocycles. The second kappa shape index (κ2) is 8.30. The number of hydrogen-bond donors (Lipinski definition) is 2. The van der Waals surface area contributed by atoms with E-state index < -0.39 is 27.9 Å². The fraction of sp³-hybridized carbons (Fsp3) is 0.500. The molecule has 0 aromatic heterocycles. The topological polar surface area (TPSA) is 113 Å². The van der Waals surface area contributed by atoms with Crippen molar-refractivity contribution in [2.45, 2.75) is 31.2 Å². The van der Waals surface area contributed by atoms with E-state index in [2.05, 4.69) is 4.72 Å². The molecule has 0 unspecified atom stereocenters. The van der Waals surface area contributed by atoms with Gasteiger partial charge in [-0.25, -0.2) is 8.42 Å². The lowest BCUT2D eigenvalue weighted by Crippen LogP contribution is -2.41. The number of carboxylic acids is 1. The van der Waals surface area contributed by atoms with Gasteiger partial charge in [-0.05, 0) is 30.5 Å². The molecule has 1 amide bonds. The minimum Gasteiger partial charge on any atom is -0.496 e. The highest BCUT2D eigenvalue weighted by atomic mass is 32.2. The first-order valence-electron chi connectivity index (χ1n) is 7.64. The van der Waals surface area contributed by atoms with Crippen LogP contribution >= 0.6 is 0 Å². The Morgan fingerprint density at radius 2 is 1.88 bits per heavy atom. The van der Waals surface area contributed by atoms with Gasteiger partial charge in [0.2, 0.25) is 10.0 Å². The molecule has 0 aliphatic carbocycles. The number of methoxy groups -OCH3 is 1. The first-order chi connectivity index (χ1) is 11.5. The Bertz CT molecular complexity index is 743. The number of carboxylic acid groups (broad SMARTS) is 1. The molecule has 1 aromatic carbocycles. The van der Waals surface area contributed by atoms with Crippen molar-refractivity contribution in [2.24, 2.45) is 5.92 Å². The lowest BCUT2D eigenvalue weighted by Gasteiger charge is -2.18. The fourth-order valence-electron chi connectivity index (χ4n) is 2.19. The number of carbonyl (C=O) groups excluding carboxylic acids is 1. The summed E-state index contributed by atoms with van der Waals surface area (Å²) in [6.07, 6.45) is 0.147. The average molecular weight is 372 g/mol. The molecule has 0 heterocycles. The molecule has 140 valence electrons. The van der Waals surface area contributed by atoms with Gasteiger partial charge in [-0.3, -0.25) is 9.59 Å². The van der Waals surface area contributed by atoms with Crippen LogP contribution in [0.2, 0.25) is 0 Å². The Morgan fingerprint density at radius 3 is 2.32 bits per heavy atom. The van der Waals surface area contributed by atoms with Crippen molar-refractivity contribution in [2.75, 3.05) is 21.2 Å². The number of amides is 1. The third-order valence-corrected chi connectivity index (χ3v) is 4.89. The molecule has 2 N–H and O–H groups in total. The maximum absolute atomic E-state index is 12.5. The molecule has 0 bridgehead atoms. The number of nitrogens with zero attached hydrogens (tertiary/aromatic N) is 1. The van der Waals surface area contributed by atoms with Crippen LogP contribution in [0.4, 0.5) is 0 Å². The zero-order valence-electron chi connectivity index (χ0n) is 14.9. The molecule has 0 fully saturated rings. The Hall–Kier alpha value is -2.13. The number of nitrogens with one attached hydrogen (secondary N) is 1. The lowest BCUT2D eigenvalue weighted by atomic mass is 10.1. The molecule has 9 heteroatoms. The highest BCUT2D eigenvalue weighted by Gasteiger charge is 2.27. The second-order valence-electron chi connectivity index (χ2n) is 6.20. The van der Waals surface area contributed by atoms with Gasteiger partial charge in [0, 0.05) is 14.1 Å². The molecule has 8 nitrogen and oxygen atoms in total. The third-order valence-electron chi connectivity index (χ3n) is 3.42. The molecule has 25 heavy (non-hydrogen) atoms. The van der Waals surface area contributed by atoms with Crippen LogP contribution in [0.25, 0.3) is 0 Å². The minimum atomic E-state index is -4.11. The number of sulfonamides is 1.